The van der Waals surface area contributed by atoms with Gasteiger partial charge in [-0.15, -0.1) is 12.3 Å². The van der Waals surface area contributed by atoms with E-state index in [2.05, 4.69) is 6.58 Å². The predicted octanol–water partition coefficient (Wildman–Crippen LogP) is 3.73. The molecule has 0 saturated carbocycles. The van der Waals surface area contributed by atoms with E-state index in [-0.39, 0.29) is 49.8 Å². The van der Waals surface area contributed by atoms with E-state index >= 15 is 0 Å². The third-order valence-electron chi connectivity index (χ3n) is 1.56. The summed E-state index contributed by atoms with van der Waals surface area (Å²) in [6.45, 7) is 3.30. The van der Waals surface area contributed by atoms with Crippen molar-refractivity contribution < 1.29 is 57.2 Å². The quantitative estimate of drug-likeness (QED) is 0.671. The summed E-state index contributed by atoms with van der Waals surface area (Å²) in [7, 11) is 0. The molecule has 0 aliphatic rings. The molecule has 0 atom stereocenters. The maximum Gasteiger partial charge on any atom is 0.416 e. The minimum Gasteiger partial charge on any atom is -0.699 e. The fourth-order valence-corrected chi connectivity index (χ4v) is 0.860. The molecule has 0 aliphatic heterocycles. The molecule has 73 valence electrons. The Morgan fingerprint density at radius 3 is 1.86 bits per heavy atom. The molecule has 0 aromatic heterocycles. The molecule has 1 N–H and O–H groups in total. The van der Waals surface area contributed by atoms with Crippen LogP contribution < -0.4 is 0 Å². The molecule has 0 aliphatic carbocycles. The largest absolute Gasteiger partial charge is 0.699 e. The fourth-order valence-electron chi connectivity index (χ4n) is 0.860. The Labute approximate surface area is 116 Å². The Hall–Kier alpha value is -0.00844. The average molecular weight is 413 g/mol. The number of rotatable bonds is 1. The molecular weight excluding hydrogens is 406 g/mol. The maximum absolute atomic E-state index is 12.1. The van der Waals surface area contributed by atoms with E-state index in [1.807, 2.05) is 0 Å². The van der Waals surface area contributed by atoms with Gasteiger partial charge in [0.1, 0.15) is 0 Å². The van der Waals surface area contributed by atoms with Gasteiger partial charge in [-0.2, -0.15) is 13.2 Å². The minimum absolute atomic E-state index is 0. The van der Waals surface area contributed by atoms with Crippen molar-refractivity contribution in [1.29, 1.82) is 0 Å². The van der Waals surface area contributed by atoms with Gasteiger partial charge in [-0.1, -0.05) is 12.1 Å². The van der Waals surface area contributed by atoms with Gasteiger partial charge in [-0.25, -0.2) is 0 Å². The number of hydrogen-bond acceptors (Lipinski definition) is 0. The molecule has 0 bridgehead atoms. The molecule has 1 aromatic carbocycles. The molecule has 0 saturated heterocycles. The van der Waals surface area contributed by atoms with Gasteiger partial charge in [0.25, 0.3) is 0 Å². The van der Waals surface area contributed by atoms with Crippen molar-refractivity contribution in [3.05, 3.63) is 47.7 Å². The van der Waals surface area contributed by atoms with Crippen molar-refractivity contribution in [1.82, 2.24) is 0 Å². The van der Waals surface area contributed by atoms with Crippen LogP contribution in [0.4, 0.5) is 13.2 Å². The second-order valence-corrected chi connectivity index (χ2v) is 2.55. The molecule has 1 rings (SSSR count). The summed E-state index contributed by atoms with van der Waals surface area (Å²) in [4.78, 5) is 0. The molecule has 5 heteroatoms. The van der Waals surface area contributed by atoms with Gasteiger partial charge >= 0.3 is 6.18 Å². The van der Waals surface area contributed by atoms with E-state index < -0.39 is 11.7 Å². The van der Waals surface area contributed by atoms with Gasteiger partial charge in [0.05, 0.1) is 5.56 Å². The number of halogens is 3. The summed E-state index contributed by atoms with van der Waals surface area (Å²) in [5.41, 5.74) is 6.76. The van der Waals surface area contributed by atoms with E-state index in [4.69, 9.17) is 5.73 Å². The smallest absolute Gasteiger partial charge is 0.416 e. The zero-order valence-electron chi connectivity index (χ0n) is 7.23. The van der Waals surface area contributed by atoms with Crippen LogP contribution in [0.1, 0.15) is 11.1 Å². The van der Waals surface area contributed by atoms with E-state index in [1.165, 1.54) is 12.1 Å². The summed E-state index contributed by atoms with van der Waals surface area (Å²) >= 11 is 0. The Bertz CT molecular complexity index is 316. The zero-order valence-corrected chi connectivity index (χ0v) is 12.0. The first-order valence-electron chi connectivity index (χ1n) is 3.49. The molecular formula is C9H7AcF3N-. The molecule has 1 aromatic rings. The monoisotopic (exact) mass is 413 g/mol. The molecule has 0 amide bonds. The number of nitrogens with one attached hydrogen (secondary N) is 1. The Morgan fingerprint density at radius 1 is 1.14 bits per heavy atom. The zero-order chi connectivity index (χ0) is 10.1. The third-order valence-corrected chi connectivity index (χ3v) is 1.56. The first-order valence-corrected chi connectivity index (χ1v) is 3.49. The van der Waals surface area contributed by atoms with Gasteiger partial charge in [0, 0.05) is 44.1 Å². The Balaban J connectivity index is 0.00000169. The number of alkyl halides is 3. The van der Waals surface area contributed by atoms with Crippen molar-refractivity contribution in [3.63, 3.8) is 0 Å². The van der Waals surface area contributed by atoms with Crippen LogP contribution in [0.2, 0.25) is 0 Å². The van der Waals surface area contributed by atoms with Crippen molar-refractivity contribution >= 4 is 5.70 Å². The first kappa shape index (κ1) is 14.0. The summed E-state index contributed by atoms with van der Waals surface area (Å²) in [5.74, 6) is 0. The van der Waals surface area contributed by atoms with E-state index in [0.29, 0.717) is 5.56 Å². The van der Waals surface area contributed by atoms with Gasteiger partial charge in [0.2, 0.25) is 0 Å². The summed E-state index contributed by atoms with van der Waals surface area (Å²) in [6.07, 6.45) is -4.32. The minimum atomic E-state index is -4.32. The van der Waals surface area contributed by atoms with E-state index in [1.54, 1.807) is 0 Å². The van der Waals surface area contributed by atoms with Crippen LogP contribution in [-0.4, -0.2) is 0 Å². The summed E-state index contributed by atoms with van der Waals surface area (Å²) < 4.78 is 36.2. The van der Waals surface area contributed by atoms with Crippen molar-refractivity contribution in [2.45, 2.75) is 6.18 Å². The molecule has 14 heavy (non-hydrogen) atoms. The number of hydrogen-bond donors (Lipinski definition) is 0. The van der Waals surface area contributed by atoms with Crippen LogP contribution in [0.5, 0.6) is 0 Å². The van der Waals surface area contributed by atoms with Crippen LogP contribution in [-0.2, 0) is 6.18 Å². The second kappa shape index (κ2) is 5.18. The topological polar surface area (TPSA) is 23.8 Å². The second-order valence-electron chi connectivity index (χ2n) is 2.55. The Morgan fingerprint density at radius 2 is 1.57 bits per heavy atom. The van der Waals surface area contributed by atoms with Gasteiger partial charge < -0.3 is 5.73 Å². The molecule has 1 nitrogen and oxygen atoms in total. The summed E-state index contributed by atoms with van der Waals surface area (Å²) in [5, 5.41) is 0. The average Bonchev–Trinajstić information content (AvgIpc) is 2.03. The molecule has 0 unspecified atom stereocenters. The summed E-state index contributed by atoms with van der Waals surface area (Å²) in [6, 6.07) is 4.35. The SMILES string of the molecule is C=C([NH-])c1ccc(C(F)(F)F)cc1.[Ac]. The molecule has 0 heterocycles. The maximum atomic E-state index is 12.1. The van der Waals surface area contributed by atoms with Crippen LogP contribution >= 0.6 is 0 Å². The fraction of sp³-hybridized carbons (Fsp3) is 0.111. The predicted molar refractivity (Wildman–Crippen MR) is 44.8 cm³/mol. The van der Waals surface area contributed by atoms with Crippen LogP contribution in [0.15, 0.2) is 30.8 Å². The van der Waals surface area contributed by atoms with Crippen LogP contribution in [0.25, 0.3) is 11.4 Å². The Kier molecular flexibility index (Phi) is 5.18. The number of benzene rings is 1. The van der Waals surface area contributed by atoms with Crippen molar-refractivity contribution in [2.24, 2.45) is 0 Å². The van der Waals surface area contributed by atoms with Crippen molar-refractivity contribution in [3.8, 4) is 0 Å². The molecule has 0 fully saturated rings. The molecule has 0 spiro atoms. The van der Waals surface area contributed by atoms with E-state index in [9.17, 15) is 13.2 Å². The third kappa shape index (κ3) is 3.62. The first-order chi connectivity index (χ1) is 5.91. The van der Waals surface area contributed by atoms with Crippen molar-refractivity contribution in [2.75, 3.05) is 0 Å². The standard InChI is InChI=1S/C9H7F3N.Ac/c1-6(13)7-2-4-8(5-3-7)9(10,11)12;/h2-5,13H,1H2;/q-1;. The van der Waals surface area contributed by atoms with E-state index in [0.717, 1.165) is 12.1 Å². The van der Waals surface area contributed by atoms with Gasteiger partial charge in [-0.3, -0.25) is 0 Å². The molecule has 1 radical (unpaired) electrons. The van der Waals surface area contributed by atoms with Gasteiger partial charge in [-0.05, 0) is 17.7 Å². The van der Waals surface area contributed by atoms with Crippen LogP contribution in [0.3, 0.4) is 0 Å². The normalized spacial score (nSPS) is 10.5. The van der Waals surface area contributed by atoms with Gasteiger partial charge in [0.15, 0.2) is 0 Å². The van der Waals surface area contributed by atoms with Crippen LogP contribution in [0, 0.1) is 44.1 Å².